The van der Waals surface area contributed by atoms with Crippen LogP contribution in [0.5, 0.6) is 0 Å². The molecule has 21 heavy (non-hydrogen) atoms. The Morgan fingerprint density at radius 2 is 2.33 bits per heavy atom. The minimum absolute atomic E-state index is 0.0154. The first-order chi connectivity index (χ1) is 10.2. The molecular weight excluding hydrogens is 284 g/mol. The summed E-state index contributed by atoms with van der Waals surface area (Å²) >= 11 is 1.71. The zero-order valence-corrected chi connectivity index (χ0v) is 13.6. The molecule has 2 heterocycles. The quantitative estimate of drug-likeness (QED) is 0.878. The Morgan fingerprint density at radius 3 is 2.86 bits per heavy atom. The SMILES string of the molecule is CCCC1NC(c2cccs2)N(CC2(OC)CCC2)C1=O. The molecule has 1 saturated heterocycles. The highest BCUT2D eigenvalue weighted by Gasteiger charge is 2.46. The van der Waals surface area contributed by atoms with E-state index in [2.05, 4.69) is 23.7 Å². The molecule has 1 saturated carbocycles. The van der Waals surface area contributed by atoms with Gasteiger partial charge in [-0.15, -0.1) is 11.3 Å². The lowest BCUT2D eigenvalue weighted by Gasteiger charge is -2.44. The first kappa shape index (κ1) is 15.0. The fourth-order valence-corrected chi connectivity index (χ4v) is 4.13. The number of rotatable bonds is 6. The number of carbonyl (C=O) groups is 1. The number of ether oxygens (including phenoxy) is 1. The molecule has 1 aliphatic heterocycles. The molecule has 1 aliphatic carbocycles. The summed E-state index contributed by atoms with van der Waals surface area (Å²) in [6, 6.07) is 4.11. The number of carbonyl (C=O) groups excluding carboxylic acids is 1. The summed E-state index contributed by atoms with van der Waals surface area (Å²) in [7, 11) is 1.77. The lowest BCUT2D eigenvalue weighted by atomic mass is 9.79. The average Bonchev–Trinajstić information content (AvgIpc) is 3.05. The molecule has 1 aromatic heterocycles. The lowest BCUT2D eigenvalue weighted by molar-refractivity contribution is -0.140. The van der Waals surface area contributed by atoms with E-state index in [1.807, 2.05) is 11.0 Å². The standard InChI is InChI=1S/C16H24N2O2S/c1-3-6-12-15(19)18(11-16(20-2)8-5-9-16)14(17-12)13-7-4-10-21-13/h4,7,10,12,14,17H,3,5-6,8-9,11H2,1-2H3. The van der Waals surface area contributed by atoms with E-state index in [-0.39, 0.29) is 23.7 Å². The Labute approximate surface area is 130 Å². The van der Waals surface area contributed by atoms with Gasteiger partial charge in [0.25, 0.3) is 0 Å². The van der Waals surface area contributed by atoms with Crippen LogP contribution >= 0.6 is 11.3 Å². The minimum atomic E-state index is -0.117. The van der Waals surface area contributed by atoms with Gasteiger partial charge in [0.1, 0.15) is 6.17 Å². The van der Waals surface area contributed by atoms with Crippen molar-refractivity contribution in [2.45, 2.75) is 56.8 Å². The molecule has 0 aromatic carbocycles. The summed E-state index contributed by atoms with van der Waals surface area (Å²) in [6.45, 7) is 2.83. The molecule has 1 N–H and O–H groups in total. The molecule has 0 radical (unpaired) electrons. The van der Waals surface area contributed by atoms with Crippen molar-refractivity contribution >= 4 is 17.2 Å². The van der Waals surface area contributed by atoms with Crippen LogP contribution < -0.4 is 5.32 Å². The van der Waals surface area contributed by atoms with Crippen LogP contribution in [0.15, 0.2) is 17.5 Å². The molecule has 0 spiro atoms. The van der Waals surface area contributed by atoms with Crippen molar-refractivity contribution in [3.63, 3.8) is 0 Å². The van der Waals surface area contributed by atoms with Crippen molar-refractivity contribution in [2.75, 3.05) is 13.7 Å². The van der Waals surface area contributed by atoms with Crippen LogP contribution in [0.1, 0.15) is 50.1 Å². The van der Waals surface area contributed by atoms with Crippen molar-refractivity contribution < 1.29 is 9.53 Å². The van der Waals surface area contributed by atoms with Crippen molar-refractivity contribution in [1.29, 1.82) is 0 Å². The second-order valence-electron chi connectivity index (χ2n) is 6.13. The van der Waals surface area contributed by atoms with Crippen LogP contribution in [-0.4, -0.2) is 36.1 Å². The molecule has 1 amide bonds. The molecule has 2 fully saturated rings. The maximum atomic E-state index is 12.7. The van der Waals surface area contributed by atoms with Gasteiger partial charge < -0.3 is 9.64 Å². The number of methoxy groups -OCH3 is 1. The van der Waals surface area contributed by atoms with Crippen molar-refractivity contribution in [3.8, 4) is 0 Å². The number of nitrogens with zero attached hydrogens (tertiary/aromatic N) is 1. The Kier molecular flexibility index (Phi) is 4.33. The van der Waals surface area contributed by atoms with Crippen LogP contribution in [0, 0.1) is 0 Å². The van der Waals surface area contributed by atoms with E-state index in [1.165, 1.54) is 11.3 Å². The molecule has 0 bridgehead atoms. The van der Waals surface area contributed by atoms with Crippen molar-refractivity contribution in [2.24, 2.45) is 0 Å². The van der Waals surface area contributed by atoms with E-state index in [4.69, 9.17) is 4.74 Å². The topological polar surface area (TPSA) is 41.6 Å². The third-order valence-electron chi connectivity index (χ3n) is 4.80. The maximum Gasteiger partial charge on any atom is 0.241 e. The fourth-order valence-electron chi connectivity index (χ4n) is 3.33. The zero-order chi connectivity index (χ0) is 14.9. The summed E-state index contributed by atoms with van der Waals surface area (Å²) in [5.74, 6) is 0.235. The van der Waals surface area contributed by atoms with Gasteiger partial charge in [-0.2, -0.15) is 0 Å². The summed E-state index contributed by atoms with van der Waals surface area (Å²) in [5, 5.41) is 5.59. The fraction of sp³-hybridized carbons (Fsp3) is 0.688. The molecule has 2 atom stereocenters. The molecule has 3 rings (SSSR count). The van der Waals surface area contributed by atoms with Gasteiger partial charge in [-0.25, -0.2) is 0 Å². The van der Waals surface area contributed by atoms with E-state index in [1.54, 1.807) is 18.4 Å². The monoisotopic (exact) mass is 308 g/mol. The first-order valence-electron chi connectivity index (χ1n) is 7.84. The highest BCUT2D eigenvalue weighted by molar-refractivity contribution is 7.10. The normalized spacial score (nSPS) is 27.9. The molecule has 1 aromatic rings. The minimum Gasteiger partial charge on any atom is -0.376 e. The van der Waals surface area contributed by atoms with Gasteiger partial charge in [-0.1, -0.05) is 19.4 Å². The van der Waals surface area contributed by atoms with Crippen LogP contribution in [0.3, 0.4) is 0 Å². The predicted octanol–water partition coefficient (Wildman–Crippen LogP) is 2.92. The predicted molar refractivity (Wildman–Crippen MR) is 84.2 cm³/mol. The molecule has 2 unspecified atom stereocenters. The van der Waals surface area contributed by atoms with Crippen LogP contribution in [0.4, 0.5) is 0 Å². The van der Waals surface area contributed by atoms with Gasteiger partial charge in [0, 0.05) is 12.0 Å². The highest BCUT2D eigenvalue weighted by atomic mass is 32.1. The van der Waals surface area contributed by atoms with Gasteiger partial charge in [0.2, 0.25) is 5.91 Å². The van der Waals surface area contributed by atoms with Crippen molar-refractivity contribution in [1.82, 2.24) is 10.2 Å². The van der Waals surface area contributed by atoms with E-state index >= 15 is 0 Å². The van der Waals surface area contributed by atoms with Gasteiger partial charge >= 0.3 is 0 Å². The largest absolute Gasteiger partial charge is 0.376 e. The molecule has 5 heteroatoms. The Bertz CT molecular complexity index is 479. The van der Waals surface area contributed by atoms with Crippen LogP contribution in [0.2, 0.25) is 0 Å². The second kappa shape index (κ2) is 6.07. The number of hydrogen-bond donors (Lipinski definition) is 1. The van der Waals surface area contributed by atoms with Crippen LogP contribution in [-0.2, 0) is 9.53 Å². The van der Waals surface area contributed by atoms with Gasteiger partial charge in [-0.3, -0.25) is 10.1 Å². The zero-order valence-electron chi connectivity index (χ0n) is 12.8. The van der Waals surface area contributed by atoms with Gasteiger partial charge in [-0.05, 0) is 37.1 Å². The van der Waals surface area contributed by atoms with E-state index in [9.17, 15) is 4.79 Å². The summed E-state index contributed by atoms with van der Waals surface area (Å²) in [5.41, 5.74) is -0.117. The van der Waals surface area contributed by atoms with E-state index < -0.39 is 0 Å². The third kappa shape index (κ3) is 2.74. The first-order valence-corrected chi connectivity index (χ1v) is 8.72. The summed E-state index contributed by atoms with van der Waals surface area (Å²) in [4.78, 5) is 16.0. The third-order valence-corrected chi connectivity index (χ3v) is 5.72. The molecule has 116 valence electrons. The van der Waals surface area contributed by atoms with Crippen LogP contribution in [0.25, 0.3) is 0 Å². The molecule has 4 nitrogen and oxygen atoms in total. The Balaban J connectivity index is 1.81. The lowest BCUT2D eigenvalue weighted by Crippen LogP contribution is -2.51. The smallest absolute Gasteiger partial charge is 0.241 e. The van der Waals surface area contributed by atoms with E-state index in [0.717, 1.165) is 25.7 Å². The number of amides is 1. The number of hydrogen-bond acceptors (Lipinski definition) is 4. The highest BCUT2D eigenvalue weighted by Crippen LogP contribution is 2.39. The number of thiophene rings is 1. The Morgan fingerprint density at radius 1 is 1.52 bits per heavy atom. The van der Waals surface area contributed by atoms with E-state index in [0.29, 0.717) is 6.54 Å². The van der Waals surface area contributed by atoms with Gasteiger partial charge in [0.05, 0.1) is 18.2 Å². The average molecular weight is 308 g/mol. The second-order valence-corrected chi connectivity index (χ2v) is 7.11. The molecule has 2 aliphatic rings. The summed E-state index contributed by atoms with van der Waals surface area (Å²) in [6.07, 6.45) is 5.25. The van der Waals surface area contributed by atoms with Crippen molar-refractivity contribution in [3.05, 3.63) is 22.4 Å². The Hall–Kier alpha value is -0.910. The number of nitrogens with one attached hydrogen (secondary N) is 1. The maximum absolute atomic E-state index is 12.7. The molecular formula is C16H24N2O2S. The van der Waals surface area contributed by atoms with Gasteiger partial charge in [0.15, 0.2) is 0 Å². The summed E-state index contributed by atoms with van der Waals surface area (Å²) < 4.78 is 5.73.